The van der Waals surface area contributed by atoms with Crippen LogP contribution in [-0.2, 0) is 9.30 Å². The summed E-state index contributed by atoms with van der Waals surface area (Å²) in [6, 6.07) is 18.8. The Bertz CT molecular complexity index is 559. The third-order valence-corrected chi connectivity index (χ3v) is 5.89. The Labute approximate surface area is 126 Å². The van der Waals surface area contributed by atoms with Crippen molar-refractivity contribution in [1.29, 1.82) is 0 Å². The van der Waals surface area contributed by atoms with Crippen LogP contribution in [0, 0.1) is 0 Å². The Morgan fingerprint density at radius 2 is 1.38 bits per heavy atom. The quantitative estimate of drug-likeness (QED) is 0.835. The highest BCUT2D eigenvalue weighted by molar-refractivity contribution is 7.78. The first kappa shape index (κ1) is 16.0. The van der Waals surface area contributed by atoms with Crippen molar-refractivity contribution in [3.63, 3.8) is 0 Å². The lowest BCUT2D eigenvalue weighted by Crippen LogP contribution is -2.28. The number of rotatable bonds is 6. The number of ether oxygens (including phenoxy) is 1. The summed E-state index contributed by atoms with van der Waals surface area (Å²) in [6.45, 7) is 3.49. The Hall–Kier alpha value is -1.41. The maximum atomic E-state index is 13.5. The summed E-state index contributed by atoms with van der Waals surface area (Å²) in [5, 5.41) is 11.3. The molecule has 112 valence electrons. The van der Waals surface area contributed by atoms with Crippen LogP contribution in [0.3, 0.4) is 0 Å². The van der Waals surface area contributed by atoms with Crippen molar-refractivity contribution in [2.45, 2.75) is 19.4 Å². The van der Waals surface area contributed by atoms with E-state index in [1.54, 1.807) is 13.8 Å². The molecule has 4 heteroatoms. The maximum absolute atomic E-state index is 13.5. The molecule has 0 heterocycles. The minimum Gasteiger partial charge on any atom is -0.388 e. The predicted octanol–water partition coefficient (Wildman–Crippen LogP) is 2.75. The second-order valence-corrected chi connectivity index (χ2v) is 8.47. The van der Waals surface area contributed by atoms with E-state index in [0.29, 0.717) is 0 Å². The normalized spacial score (nSPS) is 12.3. The van der Waals surface area contributed by atoms with Gasteiger partial charge in [0.2, 0.25) is 0 Å². The lowest BCUT2D eigenvalue weighted by atomic mass is 10.2. The average molecular weight is 304 g/mol. The minimum absolute atomic E-state index is 0.0883. The third-order valence-electron chi connectivity index (χ3n) is 3.07. The van der Waals surface area contributed by atoms with Gasteiger partial charge in [0.25, 0.3) is 0 Å². The van der Waals surface area contributed by atoms with Crippen LogP contribution in [0.2, 0.25) is 0 Å². The van der Waals surface area contributed by atoms with Gasteiger partial charge < -0.3 is 14.4 Å². The number of hydrogen-bond acceptors (Lipinski definition) is 3. The van der Waals surface area contributed by atoms with Crippen molar-refractivity contribution >= 4 is 17.8 Å². The lowest BCUT2D eigenvalue weighted by Gasteiger charge is -2.22. The molecule has 2 aromatic carbocycles. The minimum atomic E-state index is -2.84. The summed E-state index contributed by atoms with van der Waals surface area (Å²) in [5.74, 6) is 0. The second kappa shape index (κ2) is 6.57. The zero-order valence-electron chi connectivity index (χ0n) is 12.4. The first-order valence-corrected chi connectivity index (χ1v) is 8.81. The summed E-state index contributed by atoms with van der Waals surface area (Å²) in [4.78, 5) is 0. The molecule has 0 aromatic heterocycles. The van der Waals surface area contributed by atoms with Crippen LogP contribution in [0.4, 0.5) is 0 Å². The molecule has 3 nitrogen and oxygen atoms in total. The van der Waals surface area contributed by atoms with E-state index in [0.717, 1.165) is 10.6 Å². The largest absolute Gasteiger partial charge is 0.388 e. The van der Waals surface area contributed by atoms with E-state index in [-0.39, 0.29) is 13.0 Å². The Morgan fingerprint density at radius 3 is 1.76 bits per heavy atom. The molecule has 21 heavy (non-hydrogen) atoms. The Morgan fingerprint density at radius 1 is 0.952 bits per heavy atom. The van der Waals surface area contributed by atoms with E-state index in [9.17, 15) is 9.67 Å². The molecule has 0 atom stereocenters. The molecule has 2 aromatic rings. The van der Waals surface area contributed by atoms with E-state index in [2.05, 4.69) is 0 Å². The van der Waals surface area contributed by atoms with E-state index in [4.69, 9.17) is 4.74 Å². The van der Waals surface area contributed by atoms with Gasteiger partial charge in [0.1, 0.15) is 6.35 Å². The molecule has 0 fully saturated rings. The number of hydrogen-bond donors (Lipinski definition) is 1. The van der Waals surface area contributed by atoms with E-state index < -0.39 is 12.7 Å². The second-order valence-electron chi connectivity index (χ2n) is 5.70. The molecule has 0 saturated carbocycles. The topological polar surface area (TPSA) is 46.5 Å². The standard InChI is InChI=1S/C17H21O3P/c1-17(2,18)13-20-14-21(19,15-9-5-3-6-10-15)16-11-7-4-8-12-16/h3-12,18H,13-14H2,1-2H3. The van der Waals surface area contributed by atoms with Crippen molar-refractivity contribution < 1.29 is 14.4 Å². The van der Waals surface area contributed by atoms with Crippen LogP contribution in [0.1, 0.15) is 13.8 Å². The lowest BCUT2D eigenvalue weighted by molar-refractivity contribution is -0.00773. The molecule has 0 aliphatic rings. The fraction of sp³-hybridized carbons (Fsp3) is 0.294. The summed E-state index contributed by atoms with van der Waals surface area (Å²) in [6.07, 6.45) is 0.0883. The maximum Gasteiger partial charge on any atom is 0.167 e. The van der Waals surface area contributed by atoms with Crippen LogP contribution in [-0.4, -0.2) is 23.7 Å². The van der Waals surface area contributed by atoms with E-state index in [1.807, 2.05) is 60.7 Å². The summed E-state index contributed by atoms with van der Waals surface area (Å²) >= 11 is 0. The Balaban J connectivity index is 2.30. The SMILES string of the molecule is CC(C)(O)COCP(=O)(c1ccccc1)c1ccccc1. The zero-order valence-corrected chi connectivity index (χ0v) is 13.3. The van der Waals surface area contributed by atoms with Gasteiger partial charge in [-0.2, -0.15) is 0 Å². The molecular formula is C17H21O3P. The van der Waals surface area contributed by atoms with Gasteiger partial charge in [0.15, 0.2) is 7.14 Å². The first-order chi connectivity index (χ1) is 9.92. The summed E-state index contributed by atoms with van der Waals surface area (Å²) < 4.78 is 19.1. The average Bonchev–Trinajstić information content (AvgIpc) is 2.47. The third kappa shape index (κ3) is 4.28. The summed E-state index contributed by atoms with van der Waals surface area (Å²) in [7, 11) is -2.84. The molecule has 0 amide bonds. The monoisotopic (exact) mass is 304 g/mol. The number of aliphatic hydroxyl groups is 1. The molecule has 0 aliphatic carbocycles. The van der Waals surface area contributed by atoms with Crippen LogP contribution in [0.15, 0.2) is 60.7 Å². The van der Waals surface area contributed by atoms with Crippen molar-refractivity contribution in [2.75, 3.05) is 13.0 Å². The van der Waals surface area contributed by atoms with Crippen LogP contribution in [0.5, 0.6) is 0 Å². The van der Waals surface area contributed by atoms with Gasteiger partial charge in [-0.05, 0) is 13.8 Å². The van der Waals surface area contributed by atoms with Gasteiger partial charge in [0.05, 0.1) is 12.2 Å². The molecule has 0 aliphatic heterocycles. The van der Waals surface area contributed by atoms with Crippen molar-refractivity contribution in [2.24, 2.45) is 0 Å². The molecule has 0 unspecified atom stereocenters. The predicted molar refractivity (Wildman–Crippen MR) is 86.9 cm³/mol. The van der Waals surface area contributed by atoms with Crippen molar-refractivity contribution in [3.05, 3.63) is 60.7 Å². The number of benzene rings is 2. The van der Waals surface area contributed by atoms with Crippen LogP contribution < -0.4 is 10.6 Å². The fourth-order valence-corrected chi connectivity index (χ4v) is 4.31. The highest BCUT2D eigenvalue weighted by Crippen LogP contribution is 2.43. The Kier molecular flexibility index (Phi) is 5.00. The van der Waals surface area contributed by atoms with Gasteiger partial charge in [0, 0.05) is 10.6 Å². The zero-order chi connectivity index (χ0) is 15.3. The van der Waals surface area contributed by atoms with Crippen molar-refractivity contribution in [3.8, 4) is 0 Å². The fourth-order valence-electron chi connectivity index (χ4n) is 2.06. The molecule has 0 radical (unpaired) electrons. The van der Waals surface area contributed by atoms with Gasteiger partial charge in [-0.25, -0.2) is 0 Å². The molecule has 0 saturated heterocycles. The van der Waals surface area contributed by atoms with Gasteiger partial charge in [-0.3, -0.25) is 0 Å². The smallest absolute Gasteiger partial charge is 0.167 e. The molecular weight excluding hydrogens is 283 g/mol. The molecule has 1 N–H and O–H groups in total. The van der Waals surface area contributed by atoms with Gasteiger partial charge in [-0.1, -0.05) is 60.7 Å². The van der Waals surface area contributed by atoms with E-state index >= 15 is 0 Å². The summed E-state index contributed by atoms with van der Waals surface area (Å²) in [5.41, 5.74) is -0.932. The highest BCUT2D eigenvalue weighted by atomic mass is 31.2. The van der Waals surface area contributed by atoms with Crippen molar-refractivity contribution in [1.82, 2.24) is 0 Å². The van der Waals surface area contributed by atoms with Crippen LogP contribution >= 0.6 is 7.14 Å². The van der Waals surface area contributed by atoms with Gasteiger partial charge >= 0.3 is 0 Å². The van der Waals surface area contributed by atoms with Gasteiger partial charge in [-0.15, -0.1) is 0 Å². The first-order valence-electron chi connectivity index (χ1n) is 6.92. The molecule has 0 spiro atoms. The molecule has 2 rings (SSSR count). The van der Waals surface area contributed by atoms with E-state index in [1.165, 1.54) is 0 Å². The van der Waals surface area contributed by atoms with Crippen LogP contribution in [0.25, 0.3) is 0 Å². The highest BCUT2D eigenvalue weighted by Gasteiger charge is 2.28. The molecule has 0 bridgehead atoms.